The Morgan fingerprint density at radius 1 is 1.14 bits per heavy atom. The van der Waals surface area contributed by atoms with Crippen molar-refractivity contribution in [2.75, 3.05) is 12.3 Å². The number of piperidine rings is 1. The second kappa shape index (κ2) is 8.87. The summed E-state index contributed by atoms with van der Waals surface area (Å²) in [7, 11) is 0. The van der Waals surface area contributed by atoms with E-state index in [1.165, 1.54) is 11.4 Å². The molecule has 0 radical (unpaired) electrons. The van der Waals surface area contributed by atoms with Gasteiger partial charge >= 0.3 is 0 Å². The molecule has 2 aliphatic rings. The number of aromatic nitrogens is 6. The molecule has 0 saturated carbocycles. The predicted octanol–water partition coefficient (Wildman–Crippen LogP) is 2.77. The molecule has 2 saturated heterocycles. The molecule has 2 bridgehead atoms. The van der Waals surface area contributed by atoms with Crippen LogP contribution in [0.15, 0.2) is 48.2 Å². The topological polar surface area (TPSA) is 154 Å². The van der Waals surface area contributed by atoms with Gasteiger partial charge < -0.3 is 10.6 Å². The van der Waals surface area contributed by atoms with Gasteiger partial charge in [0, 0.05) is 47.7 Å². The maximum Gasteiger partial charge on any atom is 0.248 e. The number of Topliss-reactive ketones (excluding diaryl/α,β-unsaturated/α-hetero) is 1. The number of ketones is 1. The minimum atomic E-state index is -0.347. The summed E-state index contributed by atoms with van der Waals surface area (Å²) in [6, 6.07) is 5.58. The number of nitrogens with zero attached hydrogens (tertiary/aromatic N) is 8. The van der Waals surface area contributed by atoms with Gasteiger partial charge in [-0.2, -0.15) is 19.6 Å². The minimum Gasteiger partial charge on any atom is -0.383 e. The molecular weight excluding hydrogens is 474 g/mol. The van der Waals surface area contributed by atoms with Crippen molar-refractivity contribution in [3.63, 3.8) is 0 Å². The molecule has 0 spiro atoms. The van der Waals surface area contributed by atoms with Crippen molar-refractivity contribution in [3.05, 3.63) is 59.2 Å². The summed E-state index contributed by atoms with van der Waals surface area (Å²) in [4.78, 5) is 47.2. The normalized spacial score (nSPS) is 20.9. The first kappa shape index (κ1) is 23.0. The van der Waals surface area contributed by atoms with Crippen LogP contribution in [0, 0.1) is 4.91 Å². The number of hydrogen-bond donors (Lipinski definition) is 1. The highest BCUT2D eigenvalue weighted by molar-refractivity contribution is 6.00. The number of carbonyl (C=O) groups is 2. The van der Waals surface area contributed by atoms with Crippen molar-refractivity contribution in [2.45, 2.75) is 50.6 Å². The maximum absolute atomic E-state index is 12.7. The average Bonchev–Trinajstić information content (AvgIpc) is 3.62. The number of nitrogens with two attached hydrogens (primary N) is 1. The lowest BCUT2D eigenvalue weighted by atomic mass is 9.85. The van der Waals surface area contributed by atoms with E-state index in [1.54, 1.807) is 23.3 Å². The largest absolute Gasteiger partial charge is 0.383 e. The van der Waals surface area contributed by atoms with Crippen LogP contribution < -0.4 is 5.73 Å². The second-order valence-electron chi connectivity index (χ2n) is 9.60. The zero-order valence-electron chi connectivity index (χ0n) is 20.2. The smallest absolute Gasteiger partial charge is 0.248 e. The van der Waals surface area contributed by atoms with Crippen molar-refractivity contribution >= 4 is 23.2 Å². The Hall–Kier alpha value is -4.48. The Morgan fingerprint density at radius 3 is 2.54 bits per heavy atom. The van der Waals surface area contributed by atoms with Crippen molar-refractivity contribution in [2.24, 2.45) is 5.18 Å². The van der Waals surface area contributed by atoms with Gasteiger partial charge in [-0.1, -0.05) is 5.18 Å². The van der Waals surface area contributed by atoms with E-state index < -0.39 is 0 Å². The van der Waals surface area contributed by atoms with E-state index in [4.69, 9.17) is 10.7 Å². The highest BCUT2D eigenvalue weighted by Crippen LogP contribution is 2.44. The third-order valence-electron chi connectivity index (χ3n) is 7.47. The lowest BCUT2D eigenvalue weighted by Crippen LogP contribution is -2.47. The molecule has 4 aromatic heterocycles. The molecule has 2 fully saturated rings. The summed E-state index contributed by atoms with van der Waals surface area (Å²) in [5, 5.41) is 11.4. The summed E-state index contributed by atoms with van der Waals surface area (Å²) in [5.41, 5.74) is 9.61. The van der Waals surface area contributed by atoms with E-state index in [0.717, 1.165) is 24.0 Å². The Kier molecular flexibility index (Phi) is 5.50. The molecule has 6 heterocycles. The summed E-state index contributed by atoms with van der Waals surface area (Å²) in [6.45, 7) is 1.13. The summed E-state index contributed by atoms with van der Waals surface area (Å²) in [6.07, 6.45) is 9.91. The van der Waals surface area contributed by atoms with Crippen molar-refractivity contribution in [1.82, 2.24) is 34.3 Å². The number of amides is 1. The van der Waals surface area contributed by atoms with Crippen LogP contribution in [0.5, 0.6) is 0 Å². The van der Waals surface area contributed by atoms with Crippen LogP contribution in [0.2, 0.25) is 0 Å². The van der Waals surface area contributed by atoms with E-state index in [9.17, 15) is 14.5 Å². The zero-order valence-corrected chi connectivity index (χ0v) is 20.2. The molecule has 0 aliphatic carbocycles. The van der Waals surface area contributed by atoms with Crippen LogP contribution in [0.3, 0.4) is 0 Å². The molecular formula is C25H25N9O3. The third kappa shape index (κ3) is 3.76. The van der Waals surface area contributed by atoms with Gasteiger partial charge in [0.15, 0.2) is 23.8 Å². The number of nitroso groups, excluding NO2 is 1. The van der Waals surface area contributed by atoms with E-state index in [0.29, 0.717) is 35.6 Å². The molecule has 2 aliphatic heterocycles. The molecule has 1 amide bonds. The van der Waals surface area contributed by atoms with Crippen LogP contribution >= 0.6 is 0 Å². The van der Waals surface area contributed by atoms with Gasteiger partial charge in [-0.25, -0.2) is 14.6 Å². The Morgan fingerprint density at radius 2 is 1.92 bits per heavy atom. The summed E-state index contributed by atoms with van der Waals surface area (Å²) >= 11 is 0. The molecule has 188 valence electrons. The molecule has 0 aromatic carbocycles. The maximum atomic E-state index is 12.7. The van der Waals surface area contributed by atoms with Gasteiger partial charge in [0.05, 0.1) is 17.5 Å². The fourth-order valence-corrected chi connectivity index (χ4v) is 5.92. The van der Waals surface area contributed by atoms with E-state index in [-0.39, 0.29) is 42.1 Å². The first-order chi connectivity index (χ1) is 18.0. The molecule has 12 nitrogen and oxygen atoms in total. The number of pyridine rings is 1. The van der Waals surface area contributed by atoms with Crippen LogP contribution in [0.25, 0.3) is 22.6 Å². The lowest BCUT2D eigenvalue weighted by Gasteiger charge is -2.39. The zero-order chi connectivity index (χ0) is 25.7. The molecule has 2 unspecified atom stereocenters. The highest BCUT2D eigenvalue weighted by atomic mass is 16.3. The standard InChI is InChI=1S/C25H25N9O3/c1-14(35)22-23(16-9-17-4-5-18(10-16)33(17)21(36)13-30-37)31-25-19(12-29-34(25)24(22)26)15-3-6-20(27-11-15)32-8-2-7-28-32/h2-3,6-8,11-12,16-18H,4-5,9-10,13,26H2,1H3/t16?,17-,18?/m0/s1. The molecule has 4 aromatic rings. The number of rotatable bonds is 6. The number of hydrogen-bond acceptors (Lipinski definition) is 9. The number of nitrogen functional groups attached to an aromatic ring is 1. The minimum absolute atomic E-state index is 0.0134. The second-order valence-corrected chi connectivity index (χ2v) is 9.60. The first-order valence-electron chi connectivity index (χ1n) is 12.2. The first-order valence-corrected chi connectivity index (χ1v) is 12.2. The van der Waals surface area contributed by atoms with Crippen LogP contribution in [0.4, 0.5) is 5.82 Å². The fraction of sp³-hybridized carbons (Fsp3) is 0.360. The molecule has 37 heavy (non-hydrogen) atoms. The summed E-state index contributed by atoms with van der Waals surface area (Å²) < 4.78 is 3.17. The number of carbonyl (C=O) groups excluding carboxylic acids is 2. The van der Waals surface area contributed by atoms with Crippen LogP contribution in [-0.4, -0.2) is 64.6 Å². The number of anilines is 1. The predicted molar refractivity (Wildman–Crippen MR) is 134 cm³/mol. The van der Waals surface area contributed by atoms with E-state index in [2.05, 4.69) is 20.4 Å². The van der Waals surface area contributed by atoms with Crippen LogP contribution in [0.1, 0.15) is 54.6 Å². The third-order valence-corrected chi connectivity index (χ3v) is 7.47. The van der Waals surface area contributed by atoms with E-state index in [1.807, 2.05) is 29.3 Å². The van der Waals surface area contributed by atoms with Gasteiger partial charge in [0.1, 0.15) is 5.82 Å². The van der Waals surface area contributed by atoms with Crippen molar-refractivity contribution in [1.29, 1.82) is 0 Å². The van der Waals surface area contributed by atoms with Crippen molar-refractivity contribution < 1.29 is 9.59 Å². The van der Waals surface area contributed by atoms with E-state index >= 15 is 0 Å². The van der Waals surface area contributed by atoms with Gasteiger partial charge in [0.2, 0.25) is 5.91 Å². The van der Waals surface area contributed by atoms with Gasteiger partial charge in [-0.15, -0.1) is 0 Å². The van der Waals surface area contributed by atoms with Gasteiger partial charge in [-0.05, 0) is 50.8 Å². The Balaban J connectivity index is 1.40. The highest BCUT2D eigenvalue weighted by Gasteiger charge is 2.44. The molecule has 6 rings (SSSR count). The Labute approximate surface area is 211 Å². The molecule has 3 atom stereocenters. The number of fused-ring (bicyclic) bond motifs is 3. The summed E-state index contributed by atoms with van der Waals surface area (Å²) in [5.74, 6) is 0.453. The van der Waals surface area contributed by atoms with Crippen LogP contribution in [-0.2, 0) is 4.79 Å². The Bertz CT molecular complexity index is 1500. The van der Waals surface area contributed by atoms with Gasteiger partial charge in [0.25, 0.3) is 0 Å². The molecule has 2 N–H and O–H groups in total. The fourth-order valence-electron chi connectivity index (χ4n) is 5.92. The monoisotopic (exact) mass is 499 g/mol. The SMILES string of the molecule is CC(=O)c1c(C2CC3CC[C@@H](C2)N3C(=O)CN=O)nc2c(-c3ccc(-n4cccn4)nc3)cnn2c1N. The van der Waals surface area contributed by atoms with Gasteiger partial charge in [-0.3, -0.25) is 9.59 Å². The quantitative estimate of drug-likeness (QED) is 0.314. The molecule has 12 heteroatoms. The lowest BCUT2D eigenvalue weighted by molar-refractivity contribution is -0.134. The van der Waals surface area contributed by atoms with Crippen molar-refractivity contribution in [3.8, 4) is 16.9 Å². The average molecular weight is 500 g/mol.